The zero-order valence-corrected chi connectivity index (χ0v) is 10.4. The van der Waals surface area contributed by atoms with Gasteiger partial charge in [0.15, 0.2) is 0 Å². The number of carbonyl (C=O) groups is 1. The SMILES string of the molecule is CCPCOc1ccc(CCC(=O)O)cc1. The van der Waals surface area contributed by atoms with E-state index in [0.717, 1.165) is 32.4 Å². The van der Waals surface area contributed by atoms with E-state index in [1.165, 1.54) is 0 Å². The summed E-state index contributed by atoms with van der Waals surface area (Å²) >= 11 is 0. The highest BCUT2D eigenvalue weighted by atomic mass is 31.1. The molecule has 0 aliphatic rings. The Hall–Kier alpha value is -1.08. The normalized spacial score (nSPS) is 10.8. The van der Waals surface area contributed by atoms with Gasteiger partial charge in [0.2, 0.25) is 0 Å². The summed E-state index contributed by atoms with van der Waals surface area (Å²) in [6.07, 6.45) is 2.67. The summed E-state index contributed by atoms with van der Waals surface area (Å²) in [6, 6.07) is 7.65. The van der Waals surface area contributed by atoms with E-state index in [-0.39, 0.29) is 6.42 Å². The third kappa shape index (κ3) is 5.13. The Morgan fingerprint density at radius 3 is 2.62 bits per heavy atom. The molecule has 4 heteroatoms. The lowest BCUT2D eigenvalue weighted by molar-refractivity contribution is -0.136. The number of hydrogen-bond donors (Lipinski definition) is 1. The second kappa shape index (κ2) is 7.24. The molecule has 1 atom stereocenters. The van der Waals surface area contributed by atoms with E-state index in [9.17, 15) is 4.79 Å². The second-order valence-electron chi connectivity index (χ2n) is 3.43. The van der Waals surface area contributed by atoms with Gasteiger partial charge >= 0.3 is 5.97 Å². The first-order valence-corrected chi connectivity index (χ1v) is 6.78. The van der Waals surface area contributed by atoms with Crippen LogP contribution in [0.4, 0.5) is 0 Å². The van der Waals surface area contributed by atoms with E-state index in [1.807, 2.05) is 24.3 Å². The molecular formula is C12H17O3P. The summed E-state index contributed by atoms with van der Waals surface area (Å²) in [6.45, 7) is 2.14. The highest BCUT2D eigenvalue weighted by Gasteiger charge is 1.99. The first-order valence-electron chi connectivity index (χ1n) is 5.36. The van der Waals surface area contributed by atoms with Gasteiger partial charge in [0, 0.05) is 6.42 Å². The maximum atomic E-state index is 10.4. The minimum absolute atomic E-state index is 0.178. The standard InChI is InChI=1S/C12H17O3P/c1-2-16-9-15-11-6-3-10(4-7-11)5-8-12(13)14/h3-4,6-7,16H,2,5,8-9H2,1H3,(H,13,14). The Balaban J connectivity index is 2.38. The van der Waals surface area contributed by atoms with Crippen molar-refractivity contribution in [1.82, 2.24) is 0 Å². The monoisotopic (exact) mass is 240 g/mol. The summed E-state index contributed by atoms with van der Waals surface area (Å²) in [4.78, 5) is 10.4. The lowest BCUT2D eigenvalue weighted by Crippen LogP contribution is -1.97. The number of hydrogen-bond acceptors (Lipinski definition) is 2. The van der Waals surface area contributed by atoms with Gasteiger partial charge in [-0.15, -0.1) is 0 Å². The highest BCUT2D eigenvalue weighted by Crippen LogP contribution is 2.16. The van der Waals surface area contributed by atoms with Crippen LogP contribution in [0, 0.1) is 0 Å². The first-order chi connectivity index (χ1) is 7.72. The number of rotatable bonds is 7. The number of ether oxygens (including phenoxy) is 1. The minimum atomic E-state index is -0.760. The largest absolute Gasteiger partial charge is 0.489 e. The topological polar surface area (TPSA) is 46.5 Å². The van der Waals surface area contributed by atoms with Gasteiger partial charge in [-0.2, -0.15) is 0 Å². The molecule has 0 saturated carbocycles. The molecule has 0 aromatic heterocycles. The average Bonchev–Trinajstić information content (AvgIpc) is 2.28. The molecule has 88 valence electrons. The fraction of sp³-hybridized carbons (Fsp3) is 0.417. The van der Waals surface area contributed by atoms with Gasteiger partial charge in [-0.3, -0.25) is 4.79 Å². The van der Waals surface area contributed by atoms with E-state index in [2.05, 4.69) is 6.92 Å². The smallest absolute Gasteiger partial charge is 0.303 e. The summed E-state index contributed by atoms with van der Waals surface area (Å²) in [5, 5.41) is 8.55. The molecule has 0 heterocycles. The molecule has 0 amide bonds. The molecule has 0 fully saturated rings. The van der Waals surface area contributed by atoms with Crippen molar-refractivity contribution in [3.05, 3.63) is 29.8 Å². The van der Waals surface area contributed by atoms with Crippen LogP contribution in [0.1, 0.15) is 18.9 Å². The van der Waals surface area contributed by atoms with Gasteiger partial charge in [-0.05, 0) is 30.3 Å². The van der Waals surface area contributed by atoms with Crippen molar-refractivity contribution in [3.8, 4) is 5.75 Å². The van der Waals surface area contributed by atoms with Crippen molar-refractivity contribution < 1.29 is 14.6 Å². The van der Waals surface area contributed by atoms with Gasteiger partial charge in [0.05, 0.1) is 0 Å². The predicted octanol–water partition coefficient (Wildman–Crippen LogP) is 2.74. The Bertz CT molecular complexity index is 322. The predicted molar refractivity (Wildman–Crippen MR) is 66.7 cm³/mol. The van der Waals surface area contributed by atoms with Crippen LogP contribution < -0.4 is 4.74 Å². The lowest BCUT2D eigenvalue weighted by Gasteiger charge is -2.06. The lowest BCUT2D eigenvalue weighted by atomic mass is 10.1. The Kier molecular flexibility index (Phi) is 5.87. The molecule has 1 unspecified atom stereocenters. The molecule has 1 N–H and O–H groups in total. The van der Waals surface area contributed by atoms with Gasteiger partial charge in [0.1, 0.15) is 12.1 Å². The van der Waals surface area contributed by atoms with Crippen molar-refractivity contribution in [2.75, 3.05) is 12.5 Å². The summed E-state index contributed by atoms with van der Waals surface area (Å²) in [7, 11) is 0.835. The fourth-order valence-electron chi connectivity index (χ4n) is 1.24. The van der Waals surface area contributed by atoms with Crippen molar-refractivity contribution >= 4 is 14.6 Å². The van der Waals surface area contributed by atoms with E-state index >= 15 is 0 Å². The van der Waals surface area contributed by atoms with Gasteiger partial charge in [-0.25, -0.2) is 0 Å². The maximum absolute atomic E-state index is 10.4. The molecular weight excluding hydrogens is 223 g/mol. The molecule has 1 aromatic carbocycles. The molecule has 0 bridgehead atoms. The first kappa shape index (κ1) is 13.0. The zero-order valence-electron chi connectivity index (χ0n) is 9.40. The van der Waals surface area contributed by atoms with E-state index < -0.39 is 5.97 Å². The molecule has 3 nitrogen and oxygen atoms in total. The Morgan fingerprint density at radius 1 is 1.38 bits per heavy atom. The Labute approximate surface area is 97.6 Å². The average molecular weight is 240 g/mol. The molecule has 1 aromatic rings. The fourth-order valence-corrected chi connectivity index (χ4v) is 1.71. The van der Waals surface area contributed by atoms with Crippen LogP contribution in [0.25, 0.3) is 0 Å². The van der Waals surface area contributed by atoms with Crippen molar-refractivity contribution in [2.45, 2.75) is 19.8 Å². The number of carboxylic acids is 1. The van der Waals surface area contributed by atoms with Crippen LogP contribution in [0.3, 0.4) is 0 Å². The molecule has 16 heavy (non-hydrogen) atoms. The van der Waals surface area contributed by atoms with Crippen LogP contribution >= 0.6 is 8.58 Å². The third-order valence-electron chi connectivity index (χ3n) is 2.14. The van der Waals surface area contributed by atoms with Crippen LogP contribution in [0.15, 0.2) is 24.3 Å². The van der Waals surface area contributed by atoms with E-state index in [1.54, 1.807) is 0 Å². The minimum Gasteiger partial charge on any atom is -0.489 e. The quantitative estimate of drug-likeness (QED) is 0.588. The van der Waals surface area contributed by atoms with Crippen molar-refractivity contribution in [2.24, 2.45) is 0 Å². The van der Waals surface area contributed by atoms with E-state index in [4.69, 9.17) is 9.84 Å². The zero-order chi connectivity index (χ0) is 11.8. The molecule has 1 rings (SSSR count). The molecule has 0 radical (unpaired) electrons. The number of aryl methyl sites for hydroxylation is 1. The van der Waals surface area contributed by atoms with Gasteiger partial charge < -0.3 is 9.84 Å². The van der Waals surface area contributed by atoms with Crippen LogP contribution in [0.2, 0.25) is 0 Å². The second-order valence-corrected chi connectivity index (χ2v) is 4.93. The highest BCUT2D eigenvalue weighted by molar-refractivity contribution is 7.37. The Morgan fingerprint density at radius 2 is 2.06 bits per heavy atom. The van der Waals surface area contributed by atoms with Crippen molar-refractivity contribution in [1.29, 1.82) is 0 Å². The summed E-state index contributed by atoms with van der Waals surface area (Å²) < 4.78 is 5.52. The number of aliphatic carboxylic acids is 1. The number of carboxylic acid groups (broad SMARTS) is 1. The molecule has 0 aliphatic heterocycles. The van der Waals surface area contributed by atoms with Gasteiger partial charge in [-0.1, -0.05) is 27.6 Å². The van der Waals surface area contributed by atoms with Gasteiger partial charge in [0.25, 0.3) is 0 Å². The molecule has 0 aliphatic carbocycles. The number of benzene rings is 1. The summed E-state index contributed by atoms with van der Waals surface area (Å²) in [5.41, 5.74) is 1.03. The molecule has 0 saturated heterocycles. The summed E-state index contributed by atoms with van der Waals surface area (Å²) in [5.74, 6) is 0.101. The van der Waals surface area contributed by atoms with Crippen LogP contribution in [0.5, 0.6) is 5.75 Å². The maximum Gasteiger partial charge on any atom is 0.303 e. The third-order valence-corrected chi connectivity index (χ3v) is 2.99. The van der Waals surface area contributed by atoms with Crippen LogP contribution in [-0.2, 0) is 11.2 Å². The molecule has 0 spiro atoms. The van der Waals surface area contributed by atoms with Crippen molar-refractivity contribution in [3.63, 3.8) is 0 Å². The van der Waals surface area contributed by atoms with E-state index in [0.29, 0.717) is 6.42 Å². The van der Waals surface area contributed by atoms with Crippen LogP contribution in [-0.4, -0.2) is 23.6 Å².